The molecular weight excluding hydrogens is 442 g/mol. The lowest BCUT2D eigenvalue weighted by atomic mass is 9.59. The highest BCUT2D eigenvalue weighted by Gasteiger charge is 2.57. The molecule has 180 valence electrons. The summed E-state index contributed by atoms with van der Waals surface area (Å²) < 4.78 is 0. The number of fused-ring (bicyclic) bond motifs is 3. The third kappa shape index (κ3) is 3.29. The molecule has 35 heavy (non-hydrogen) atoms. The monoisotopic (exact) mass is 471 g/mol. The third-order valence-electron chi connectivity index (χ3n) is 8.74. The summed E-state index contributed by atoms with van der Waals surface area (Å²) >= 11 is 0. The number of benzene rings is 1. The topological polar surface area (TPSA) is 91.8 Å². The van der Waals surface area contributed by atoms with Gasteiger partial charge in [0.25, 0.3) is 0 Å². The minimum atomic E-state index is -0.511. The molecule has 0 spiro atoms. The molecule has 2 amide bonds. The van der Waals surface area contributed by atoms with Crippen molar-refractivity contribution >= 4 is 23.4 Å². The van der Waals surface area contributed by atoms with E-state index in [1.54, 1.807) is 30.0 Å². The molecule has 4 aliphatic carbocycles. The second kappa shape index (κ2) is 8.14. The van der Waals surface area contributed by atoms with E-state index in [2.05, 4.69) is 0 Å². The Morgan fingerprint density at radius 1 is 0.971 bits per heavy atom. The highest BCUT2D eigenvalue weighted by atomic mass is 16.3. The van der Waals surface area contributed by atoms with Crippen LogP contribution in [0.25, 0.3) is 0 Å². The van der Waals surface area contributed by atoms with E-state index in [1.165, 1.54) is 6.08 Å². The number of phenolic OH excluding ortho intramolecular Hbond substituents is 1. The summed E-state index contributed by atoms with van der Waals surface area (Å²) in [4.78, 5) is 55.3. The number of amides is 2. The van der Waals surface area contributed by atoms with Crippen LogP contribution in [0.15, 0.2) is 58.7 Å². The number of allylic oxidation sites excluding steroid dienone is 6. The number of hydrogen-bond acceptors (Lipinski definition) is 5. The number of carbonyl (C=O) groups excluding carboxylic acids is 4. The maximum absolute atomic E-state index is 13.8. The van der Waals surface area contributed by atoms with Crippen LogP contribution in [-0.4, -0.2) is 39.4 Å². The maximum atomic E-state index is 13.8. The van der Waals surface area contributed by atoms with Crippen LogP contribution < -0.4 is 0 Å². The van der Waals surface area contributed by atoms with Crippen molar-refractivity contribution in [2.75, 3.05) is 0 Å². The quantitative estimate of drug-likeness (QED) is 0.397. The van der Waals surface area contributed by atoms with Crippen molar-refractivity contribution in [1.29, 1.82) is 0 Å². The van der Waals surface area contributed by atoms with E-state index >= 15 is 0 Å². The predicted molar refractivity (Wildman–Crippen MR) is 128 cm³/mol. The van der Waals surface area contributed by atoms with Gasteiger partial charge in [-0.1, -0.05) is 43.0 Å². The van der Waals surface area contributed by atoms with Crippen LogP contribution in [0.3, 0.4) is 0 Å². The van der Waals surface area contributed by atoms with Gasteiger partial charge in [0.1, 0.15) is 5.75 Å². The van der Waals surface area contributed by atoms with E-state index in [0.29, 0.717) is 29.6 Å². The van der Waals surface area contributed by atoms with E-state index in [4.69, 9.17) is 0 Å². The molecule has 6 rings (SSSR count). The Morgan fingerprint density at radius 2 is 1.74 bits per heavy atom. The van der Waals surface area contributed by atoms with Crippen molar-refractivity contribution in [3.05, 3.63) is 64.3 Å². The fraction of sp³-hybridized carbons (Fsp3) is 0.448. The first-order valence-corrected chi connectivity index (χ1v) is 12.7. The zero-order valence-electron chi connectivity index (χ0n) is 19.8. The molecule has 6 heteroatoms. The first-order valence-electron chi connectivity index (χ1n) is 12.7. The maximum Gasteiger partial charge on any atom is 0.233 e. The van der Waals surface area contributed by atoms with Gasteiger partial charge in [-0.2, -0.15) is 0 Å². The number of carbonyl (C=O) groups is 4. The van der Waals surface area contributed by atoms with Gasteiger partial charge in [0.15, 0.2) is 11.6 Å². The minimum Gasteiger partial charge on any atom is -0.508 e. The molecule has 1 aromatic rings. The molecule has 1 N–H and O–H groups in total. The zero-order valence-corrected chi connectivity index (χ0v) is 19.8. The second-order valence-corrected chi connectivity index (χ2v) is 10.7. The molecule has 0 bridgehead atoms. The number of nitrogens with zero attached hydrogens (tertiary/aromatic N) is 1. The van der Waals surface area contributed by atoms with E-state index in [-0.39, 0.29) is 41.1 Å². The van der Waals surface area contributed by atoms with E-state index in [1.807, 2.05) is 12.1 Å². The van der Waals surface area contributed by atoms with Crippen LogP contribution in [0.2, 0.25) is 0 Å². The molecule has 0 unspecified atom stereocenters. The molecule has 1 aliphatic heterocycles. The Hall–Kier alpha value is -3.28. The van der Waals surface area contributed by atoms with E-state index in [0.717, 1.165) is 43.2 Å². The Bertz CT molecular complexity index is 1260. The van der Waals surface area contributed by atoms with Gasteiger partial charge in [0.05, 0.1) is 11.8 Å². The first-order chi connectivity index (χ1) is 16.9. The number of likely N-dealkylation sites (tertiary alicyclic amines) is 1. The molecule has 0 aromatic heterocycles. The molecule has 1 heterocycles. The SMILES string of the molecule is CC1=CC(=O)C2=C(C1=O)[C@@H](c1cccc(O)c1)C1=CC[C@@H]3C(=O)N(C4CCCCC4)C(=O)[C@@H]3[C@@H]1C2. The number of imide groups is 1. The Kier molecular flexibility index (Phi) is 5.17. The van der Waals surface area contributed by atoms with Gasteiger partial charge in [-0.15, -0.1) is 0 Å². The van der Waals surface area contributed by atoms with Crippen LogP contribution in [0.1, 0.15) is 63.4 Å². The number of phenols is 1. The molecule has 4 atom stereocenters. The summed E-state index contributed by atoms with van der Waals surface area (Å²) in [5, 5.41) is 10.2. The van der Waals surface area contributed by atoms with Gasteiger partial charge in [-0.3, -0.25) is 24.1 Å². The molecule has 1 saturated heterocycles. The molecule has 2 fully saturated rings. The molecule has 0 radical (unpaired) electrons. The van der Waals surface area contributed by atoms with Gasteiger partial charge in [0, 0.05) is 28.7 Å². The van der Waals surface area contributed by atoms with Gasteiger partial charge >= 0.3 is 0 Å². The van der Waals surface area contributed by atoms with E-state index < -0.39 is 17.8 Å². The summed E-state index contributed by atoms with van der Waals surface area (Å²) in [6, 6.07) is 6.76. The number of Topliss-reactive ketones (excluding diaryl/α,β-unsaturated/α-hetero) is 1. The van der Waals surface area contributed by atoms with Crippen molar-refractivity contribution in [3.8, 4) is 5.75 Å². The van der Waals surface area contributed by atoms with E-state index in [9.17, 15) is 24.3 Å². The summed E-state index contributed by atoms with van der Waals surface area (Å²) in [7, 11) is 0. The minimum absolute atomic E-state index is 0.0264. The van der Waals surface area contributed by atoms with Crippen molar-refractivity contribution in [2.45, 2.75) is 63.8 Å². The summed E-state index contributed by atoms with van der Waals surface area (Å²) in [6.07, 6.45) is 9.10. The average Bonchev–Trinajstić information content (AvgIpc) is 3.11. The summed E-state index contributed by atoms with van der Waals surface area (Å²) in [5.41, 5.74) is 2.97. The first kappa shape index (κ1) is 22.2. The lowest BCUT2D eigenvalue weighted by Crippen LogP contribution is -2.43. The molecule has 1 saturated carbocycles. The van der Waals surface area contributed by atoms with Crippen LogP contribution in [0.5, 0.6) is 5.75 Å². The van der Waals surface area contributed by atoms with Crippen molar-refractivity contribution < 1.29 is 24.3 Å². The Balaban J connectivity index is 1.46. The van der Waals surface area contributed by atoms with Crippen molar-refractivity contribution in [3.63, 3.8) is 0 Å². The van der Waals surface area contributed by atoms with Crippen molar-refractivity contribution in [2.24, 2.45) is 17.8 Å². The number of hydrogen-bond donors (Lipinski definition) is 1. The van der Waals surface area contributed by atoms with Crippen LogP contribution in [-0.2, 0) is 19.2 Å². The largest absolute Gasteiger partial charge is 0.508 e. The van der Waals surface area contributed by atoms with Crippen molar-refractivity contribution in [1.82, 2.24) is 4.90 Å². The predicted octanol–water partition coefficient (Wildman–Crippen LogP) is 4.15. The van der Waals surface area contributed by atoms with Gasteiger partial charge in [0.2, 0.25) is 11.8 Å². The lowest BCUT2D eigenvalue weighted by molar-refractivity contribution is -0.143. The summed E-state index contributed by atoms with van der Waals surface area (Å²) in [5.74, 6) is -2.18. The molecule has 6 nitrogen and oxygen atoms in total. The highest BCUT2D eigenvalue weighted by molar-refractivity contribution is 6.23. The number of rotatable bonds is 2. The Morgan fingerprint density at radius 3 is 2.49 bits per heavy atom. The smallest absolute Gasteiger partial charge is 0.233 e. The molecule has 5 aliphatic rings. The number of ketones is 2. The third-order valence-corrected chi connectivity index (χ3v) is 8.74. The molecule has 1 aromatic carbocycles. The highest BCUT2D eigenvalue weighted by Crippen LogP contribution is 2.55. The fourth-order valence-corrected chi connectivity index (χ4v) is 7.17. The Labute approximate surface area is 204 Å². The standard InChI is InChI=1S/C29H29NO5/c1-15-12-23(32)22-14-21-19(24(26(22)27(15)33)16-6-5-9-18(31)13-16)10-11-20-25(21)29(35)30(28(20)34)17-7-3-2-4-8-17/h5-6,9-10,12-13,17,20-21,24-25,31H,2-4,7-8,11,14H2,1H3/t20-,21+,24-,25-/m0/s1. The van der Waals surface area contributed by atoms with Crippen LogP contribution in [0.4, 0.5) is 0 Å². The molecular formula is C29H29NO5. The van der Waals surface area contributed by atoms with Gasteiger partial charge < -0.3 is 5.11 Å². The number of aromatic hydroxyl groups is 1. The van der Waals surface area contributed by atoms with Crippen LogP contribution in [0, 0.1) is 17.8 Å². The zero-order chi connectivity index (χ0) is 24.4. The van der Waals surface area contributed by atoms with Gasteiger partial charge in [-0.05, 0) is 62.3 Å². The van der Waals surface area contributed by atoms with Crippen LogP contribution >= 0.6 is 0 Å². The fourth-order valence-electron chi connectivity index (χ4n) is 7.17. The average molecular weight is 472 g/mol. The lowest BCUT2D eigenvalue weighted by Gasteiger charge is -2.42. The second-order valence-electron chi connectivity index (χ2n) is 10.7. The van der Waals surface area contributed by atoms with Gasteiger partial charge in [-0.25, -0.2) is 0 Å². The normalized spacial score (nSPS) is 31.2. The summed E-state index contributed by atoms with van der Waals surface area (Å²) in [6.45, 7) is 1.65.